The summed E-state index contributed by atoms with van der Waals surface area (Å²) in [5.74, 6) is -0.769. The zero-order valence-corrected chi connectivity index (χ0v) is 27.8. The second-order valence-electron chi connectivity index (χ2n) is 12.0. The average molecular weight is 710 g/mol. The van der Waals surface area contributed by atoms with E-state index in [0.717, 1.165) is 43.7 Å². The smallest absolute Gasteiger partial charge is 0.369 e. The first-order valence-electron chi connectivity index (χ1n) is 15.7. The molecule has 0 radical (unpaired) electrons. The van der Waals surface area contributed by atoms with E-state index in [0.29, 0.717) is 36.2 Å². The van der Waals surface area contributed by atoms with Gasteiger partial charge in [-0.3, -0.25) is 24.9 Å². The molecule has 3 amide bonds. The van der Waals surface area contributed by atoms with E-state index in [-0.39, 0.29) is 29.7 Å². The maximum atomic E-state index is 13.8. The van der Waals surface area contributed by atoms with Gasteiger partial charge in [-0.25, -0.2) is 18.2 Å². The Morgan fingerprint density at radius 1 is 0.900 bits per heavy atom. The van der Waals surface area contributed by atoms with Gasteiger partial charge in [0.15, 0.2) is 9.84 Å². The van der Waals surface area contributed by atoms with Crippen LogP contribution in [0.2, 0.25) is 0 Å². The van der Waals surface area contributed by atoms with Crippen molar-refractivity contribution in [1.29, 1.82) is 0 Å². The molecule has 13 nitrogen and oxygen atoms in total. The van der Waals surface area contributed by atoms with Crippen molar-refractivity contribution in [3.63, 3.8) is 0 Å². The predicted molar refractivity (Wildman–Crippen MR) is 181 cm³/mol. The first-order chi connectivity index (χ1) is 23.8. The molecule has 3 N–H and O–H groups in total. The third kappa shape index (κ3) is 8.46. The van der Waals surface area contributed by atoms with Crippen LogP contribution in [0, 0.1) is 0 Å². The fourth-order valence-corrected chi connectivity index (χ4v) is 6.37. The number of hydrogen-bond acceptors (Lipinski definition) is 11. The lowest BCUT2D eigenvalue weighted by atomic mass is 10.2. The number of aromatic nitrogens is 3. The van der Waals surface area contributed by atoms with Gasteiger partial charge in [-0.15, -0.1) is 0 Å². The van der Waals surface area contributed by atoms with Gasteiger partial charge in [0.2, 0.25) is 11.9 Å². The summed E-state index contributed by atoms with van der Waals surface area (Å²) in [6, 6.07) is 14.9. The van der Waals surface area contributed by atoms with E-state index in [1.54, 1.807) is 30.6 Å². The van der Waals surface area contributed by atoms with Crippen molar-refractivity contribution in [3.05, 3.63) is 89.9 Å². The number of urea groups is 1. The van der Waals surface area contributed by atoms with Crippen LogP contribution in [-0.4, -0.2) is 79.2 Å². The summed E-state index contributed by atoms with van der Waals surface area (Å²) in [5, 5.41) is 7.97. The summed E-state index contributed by atoms with van der Waals surface area (Å²) in [4.78, 5) is 42.1. The van der Waals surface area contributed by atoms with Gasteiger partial charge in [-0.05, 0) is 53.6 Å². The van der Waals surface area contributed by atoms with Gasteiger partial charge in [-0.2, -0.15) is 18.2 Å². The summed E-state index contributed by atoms with van der Waals surface area (Å²) in [6.07, 6.45) is 0.676. The Balaban J connectivity index is 1.05. The lowest BCUT2D eigenvalue weighted by Gasteiger charge is -2.36. The molecule has 2 aliphatic rings. The Morgan fingerprint density at radius 3 is 2.36 bits per heavy atom. The second-order valence-corrected chi connectivity index (χ2v) is 14.0. The first kappa shape index (κ1) is 34.6. The fourth-order valence-electron chi connectivity index (χ4n) is 5.68. The largest absolute Gasteiger partial charge is 0.421 e. The van der Waals surface area contributed by atoms with Crippen LogP contribution < -0.4 is 25.8 Å². The van der Waals surface area contributed by atoms with Gasteiger partial charge in [0.25, 0.3) is 0 Å². The highest BCUT2D eigenvalue weighted by atomic mass is 32.2. The molecule has 2 aromatic heterocycles. The van der Waals surface area contributed by atoms with Crippen molar-refractivity contribution >= 4 is 50.6 Å². The number of nitrogens with zero attached hydrogens (tertiary/aromatic N) is 6. The number of sulfone groups is 1. The fraction of sp³-hybridized carbons (Fsp3) is 0.303. The van der Waals surface area contributed by atoms with Crippen molar-refractivity contribution in [1.82, 2.24) is 25.2 Å². The highest BCUT2D eigenvalue weighted by Crippen LogP contribution is 2.34. The van der Waals surface area contributed by atoms with Crippen molar-refractivity contribution in [2.24, 2.45) is 0 Å². The number of piperazine rings is 1. The number of halogens is 3. The molecule has 4 aromatic rings. The molecule has 0 unspecified atom stereocenters. The minimum absolute atomic E-state index is 0.0419. The number of pyridine rings is 1. The number of amides is 3. The van der Waals surface area contributed by atoms with Crippen molar-refractivity contribution in [3.8, 4) is 0 Å². The normalized spacial score (nSPS) is 15.9. The molecular formula is C33H34F3N9O4S. The average Bonchev–Trinajstić information content (AvgIpc) is 3.07. The number of nitrogens with one attached hydrogen (secondary N) is 3. The Labute approximate surface area is 286 Å². The number of benzene rings is 2. The van der Waals surface area contributed by atoms with Crippen LogP contribution in [-0.2, 0) is 33.9 Å². The molecule has 2 aromatic carbocycles. The number of rotatable bonds is 10. The van der Waals surface area contributed by atoms with Crippen molar-refractivity contribution in [2.75, 3.05) is 59.4 Å². The molecule has 2 aliphatic heterocycles. The van der Waals surface area contributed by atoms with Crippen LogP contribution in [0.5, 0.6) is 0 Å². The summed E-state index contributed by atoms with van der Waals surface area (Å²) >= 11 is 0. The van der Waals surface area contributed by atoms with Crippen LogP contribution in [0.1, 0.15) is 23.1 Å². The topological polar surface area (TPSA) is 153 Å². The van der Waals surface area contributed by atoms with Crippen molar-refractivity contribution < 1.29 is 31.2 Å². The van der Waals surface area contributed by atoms with Gasteiger partial charge >= 0.3 is 12.2 Å². The molecule has 0 saturated carbocycles. The Morgan fingerprint density at radius 2 is 1.66 bits per heavy atom. The van der Waals surface area contributed by atoms with E-state index in [4.69, 9.17) is 0 Å². The van der Waals surface area contributed by atoms with E-state index >= 15 is 0 Å². The third-order valence-electron chi connectivity index (χ3n) is 8.29. The van der Waals surface area contributed by atoms with Crippen LogP contribution in [0.3, 0.4) is 0 Å². The Bertz CT molecular complexity index is 1990. The molecule has 0 atom stereocenters. The number of hydrogen-bond donors (Lipinski definition) is 3. The number of alkyl halides is 3. The van der Waals surface area contributed by atoms with Gasteiger partial charge in [0.1, 0.15) is 11.4 Å². The first-order valence-corrected chi connectivity index (χ1v) is 17.6. The van der Waals surface area contributed by atoms with Crippen LogP contribution in [0.4, 0.5) is 46.8 Å². The lowest BCUT2D eigenvalue weighted by molar-refractivity contribution is -0.137. The maximum absolute atomic E-state index is 13.8. The summed E-state index contributed by atoms with van der Waals surface area (Å²) in [6.45, 7) is 3.98. The Kier molecular flexibility index (Phi) is 9.88. The molecule has 17 heteroatoms. The molecule has 0 bridgehead atoms. The van der Waals surface area contributed by atoms with Crippen LogP contribution in [0.25, 0.3) is 0 Å². The van der Waals surface area contributed by atoms with E-state index in [1.807, 2.05) is 18.2 Å². The van der Waals surface area contributed by atoms with E-state index in [1.165, 1.54) is 23.1 Å². The molecule has 0 spiro atoms. The molecule has 0 aliphatic carbocycles. The van der Waals surface area contributed by atoms with E-state index in [2.05, 4.69) is 40.7 Å². The molecule has 50 heavy (non-hydrogen) atoms. The zero-order valence-electron chi connectivity index (χ0n) is 26.9. The second kappa shape index (κ2) is 14.3. The molecule has 2 saturated heterocycles. The third-order valence-corrected chi connectivity index (χ3v) is 9.40. The van der Waals surface area contributed by atoms with Gasteiger partial charge in [0.05, 0.1) is 16.8 Å². The zero-order chi connectivity index (χ0) is 35.5. The van der Waals surface area contributed by atoms with Gasteiger partial charge in [0, 0.05) is 82.3 Å². The predicted octanol–water partition coefficient (Wildman–Crippen LogP) is 4.42. The summed E-state index contributed by atoms with van der Waals surface area (Å²) < 4.78 is 65.1. The molecule has 4 heterocycles. The molecule has 2 fully saturated rings. The highest BCUT2D eigenvalue weighted by molar-refractivity contribution is 7.90. The number of carbonyl (C=O) groups is 2. The number of carbonyl (C=O) groups excluding carboxylic acids is 2. The van der Waals surface area contributed by atoms with Gasteiger partial charge in [-0.1, -0.05) is 12.1 Å². The maximum Gasteiger partial charge on any atom is 0.421 e. The standard InChI is InChI=1S/C33H34F3N9O4S/c1-50(48,49)27-4-2-3-22(16-27)18-38-30-28(33(34,35)36)20-39-31(42-30)40-24-5-7-25(8-6-24)44-13-11-43(12-14-44)21-23-15-26(19-37-17-23)45-10-9-29(46)41-32(45)47/h2-8,15-17,19-20H,9-14,18,21H2,1H3,(H,41,46,47)(H2,38,39,40,42). The summed E-state index contributed by atoms with van der Waals surface area (Å²) in [5.41, 5.74) is 2.59. The molecular weight excluding hydrogens is 675 g/mol. The van der Waals surface area contributed by atoms with Gasteiger partial charge < -0.3 is 15.5 Å². The SMILES string of the molecule is CS(=O)(=O)c1cccc(CNc2nc(Nc3ccc(N4CCN(Cc5cncc(N6CCC(=O)NC6=O)c5)CC4)cc3)ncc2C(F)(F)F)c1. The number of anilines is 5. The van der Waals surface area contributed by atoms with Crippen LogP contribution in [0.15, 0.2) is 78.1 Å². The van der Waals surface area contributed by atoms with Crippen molar-refractivity contribution in [2.45, 2.75) is 30.6 Å². The van der Waals surface area contributed by atoms with E-state index < -0.39 is 33.4 Å². The quantitative estimate of drug-likeness (QED) is 0.215. The minimum atomic E-state index is -4.71. The number of imide groups is 1. The molecule has 262 valence electrons. The summed E-state index contributed by atoms with van der Waals surface area (Å²) in [7, 11) is -3.48. The highest BCUT2D eigenvalue weighted by Gasteiger charge is 2.35. The Hall–Kier alpha value is -5.29. The van der Waals surface area contributed by atoms with E-state index in [9.17, 15) is 31.2 Å². The lowest BCUT2D eigenvalue weighted by Crippen LogP contribution is -2.49. The minimum Gasteiger partial charge on any atom is -0.369 e. The molecule has 6 rings (SSSR count). The monoisotopic (exact) mass is 709 g/mol. The van der Waals surface area contributed by atoms with Crippen LogP contribution >= 0.6 is 0 Å².